The van der Waals surface area contributed by atoms with Crippen molar-refractivity contribution in [3.8, 4) is 0 Å². The van der Waals surface area contributed by atoms with E-state index >= 15 is 0 Å². The lowest BCUT2D eigenvalue weighted by atomic mass is 9.97. The van der Waals surface area contributed by atoms with Crippen LogP contribution < -0.4 is 5.32 Å². The topological polar surface area (TPSA) is 41.6 Å². The van der Waals surface area contributed by atoms with Crippen molar-refractivity contribution in [3.05, 3.63) is 0 Å². The lowest BCUT2D eigenvalue weighted by molar-refractivity contribution is 0.00825. The molecular weight excluding hydrogens is 228 g/mol. The smallest absolute Gasteiger partial charge is 0.317 e. The monoisotopic (exact) mass is 256 g/mol. The van der Waals surface area contributed by atoms with Crippen molar-refractivity contribution in [3.63, 3.8) is 0 Å². The summed E-state index contributed by atoms with van der Waals surface area (Å²) < 4.78 is 5.66. The van der Waals surface area contributed by atoms with Gasteiger partial charge in [-0.15, -0.1) is 0 Å². The molecule has 1 saturated heterocycles. The molecule has 1 fully saturated rings. The summed E-state index contributed by atoms with van der Waals surface area (Å²) in [5, 5.41) is 2.96. The molecule has 0 spiro atoms. The van der Waals surface area contributed by atoms with E-state index in [1.807, 2.05) is 7.05 Å². The lowest BCUT2D eigenvalue weighted by Gasteiger charge is -2.26. The number of nitrogens with one attached hydrogen (secondary N) is 1. The minimum Gasteiger partial charge on any atom is -0.378 e. The maximum Gasteiger partial charge on any atom is 0.317 e. The van der Waals surface area contributed by atoms with Crippen LogP contribution in [0.15, 0.2) is 0 Å². The average Bonchev–Trinajstić information content (AvgIpc) is 2.33. The Kier molecular flexibility index (Phi) is 5.93. The minimum atomic E-state index is 0.0146. The summed E-state index contributed by atoms with van der Waals surface area (Å²) >= 11 is 0. The molecular formula is C14H28N2O2. The molecule has 0 aliphatic carbocycles. The SMILES string of the molecule is CN(CCC1CCCCO1)C(=O)NCC(C)(C)C. The summed E-state index contributed by atoms with van der Waals surface area (Å²) in [6.07, 6.45) is 4.86. The molecule has 1 heterocycles. The number of rotatable bonds is 4. The van der Waals surface area contributed by atoms with Crippen LogP contribution in [0.4, 0.5) is 4.79 Å². The third-order valence-electron chi connectivity index (χ3n) is 3.18. The number of carbonyl (C=O) groups is 1. The number of amides is 2. The van der Waals surface area contributed by atoms with Crippen LogP contribution >= 0.6 is 0 Å². The molecule has 0 saturated carbocycles. The van der Waals surface area contributed by atoms with Gasteiger partial charge in [-0.25, -0.2) is 4.79 Å². The van der Waals surface area contributed by atoms with E-state index in [1.165, 1.54) is 12.8 Å². The largest absolute Gasteiger partial charge is 0.378 e. The molecule has 106 valence electrons. The van der Waals surface area contributed by atoms with Gasteiger partial charge in [0.15, 0.2) is 0 Å². The Balaban J connectivity index is 2.18. The van der Waals surface area contributed by atoms with Gasteiger partial charge in [-0.2, -0.15) is 0 Å². The molecule has 0 aromatic carbocycles. The minimum absolute atomic E-state index is 0.0146. The highest BCUT2D eigenvalue weighted by Gasteiger charge is 2.17. The summed E-state index contributed by atoms with van der Waals surface area (Å²) in [6, 6.07) is 0.0146. The zero-order valence-corrected chi connectivity index (χ0v) is 12.3. The molecule has 2 amide bonds. The highest BCUT2D eigenvalue weighted by molar-refractivity contribution is 5.73. The summed E-state index contributed by atoms with van der Waals surface area (Å²) in [5.41, 5.74) is 0.128. The summed E-state index contributed by atoms with van der Waals surface area (Å²) in [6.45, 7) is 8.69. The van der Waals surface area contributed by atoms with Crippen molar-refractivity contribution in [2.24, 2.45) is 5.41 Å². The Morgan fingerprint density at radius 2 is 2.11 bits per heavy atom. The first-order valence-corrected chi connectivity index (χ1v) is 6.99. The van der Waals surface area contributed by atoms with E-state index in [2.05, 4.69) is 26.1 Å². The standard InChI is InChI=1S/C14H28N2O2/c1-14(2,3)11-15-13(17)16(4)9-8-12-7-5-6-10-18-12/h12H,5-11H2,1-4H3,(H,15,17). The fourth-order valence-corrected chi connectivity index (χ4v) is 1.95. The molecule has 1 aliphatic rings. The molecule has 1 aliphatic heterocycles. The van der Waals surface area contributed by atoms with Gasteiger partial charge >= 0.3 is 6.03 Å². The van der Waals surface area contributed by atoms with Gasteiger partial charge in [0.05, 0.1) is 6.10 Å². The third kappa shape index (κ3) is 6.24. The first-order valence-electron chi connectivity index (χ1n) is 6.99. The molecule has 1 atom stereocenters. The van der Waals surface area contributed by atoms with Crippen LogP contribution in [0.1, 0.15) is 46.5 Å². The second kappa shape index (κ2) is 6.98. The van der Waals surface area contributed by atoms with Crippen molar-refractivity contribution in [2.45, 2.75) is 52.6 Å². The normalized spacial score (nSPS) is 20.6. The van der Waals surface area contributed by atoms with Crippen LogP contribution in [0, 0.1) is 5.41 Å². The van der Waals surface area contributed by atoms with Crippen LogP contribution in [0.25, 0.3) is 0 Å². The van der Waals surface area contributed by atoms with E-state index in [1.54, 1.807) is 4.90 Å². The Labute approximate surface area is 111 Å². The van der Waals surface area contributed by atoms with E-state index in [0.29, 0.717) is 12.6 Å². The summed E-state index contributed by atoms with van der Waals surface area (Å²) in [4.78, 5) is 13.6. The molecule has 4 heteroatoms. The zero-order chi connectivity index (χ0) is 13.6. The van der Waals surface area contributed by atoms with Gasteiger partial charge in [-0.1, -0.05) is 20.8 Å². The number of carbonyl (C=O) groups excluding carboxylic acids is 1. The van der Waals surface area contributed by atoms with Gasteiger partial charge < -0.3 is 15.0 Å². The van der Waals surface area contributed by atoms with Crippen LogP contribution in [0.3, 0.4) is 0 Å². The van der Waals surface area contributed by atoms with Crippen molar-refractivity contribution in [1.29, 1.82) is 0 Å². The van der Waals surface area contributed by atoms with E-state index < -0.39 is 0 Å². The summed E-state index contributed by atoms with van der Waals surface area (Å²) in [5.74, 6) is 0. The van der Waals surface area contributed by atoms with Gasteiger partial charge in [0.1, 0.15) is 0 Å². The molecule has 0 bridgehead atoms. The van der Waals surface area contributed by atoms with Crippen LogP contribution in [-0.2, 0) is 4.74 Å². The molecule has 1 N–H and O–H groups in total. The predicted molar refractivity (Wildman–Crippen MR) is 73.7 cm³/mol. The fourth-order valence-electron chi connectivity index (χ4n) is 1.95. The van der Waals surface area contributed by atoms with E-state index in [4.69, 9.17) is 4.74 Å². The number of hydrogen-bond acceptors (Lipinski definition) is 2. The Morgan fingerprint density at radius 3 is 2.67 bits per heavy atom. The number of ether oxygens (including phenoxy) is 1. The van der Waals surface area contributed by atoms with E-state index in [-0.39, 0.29) is 11.4 Å². The molecule has 0 aromatic rings. The van der Waals surface area contributed by atoms with Crippen molar-refractivity contribution < 1.29 is 9.53 Å². The summed E-state index contributed by atoms with van der Waals surface area (Å²) in [7, 11) is 1.85. The van der Waals surface area contributed by atoms with Crippen LogP contribution in [-0.4, -0.2) is 43.8 Å². The lowest BCUT2D eigenvalue weighted by Crippen LogP contribution is -2.42. The molecule has 1 unspecified atom stereocenters. The third-order valence-corrected chi connectivity index (χ3v) is 3.18. The molecule has 18 heavy (non-hydrogen) atoms. The second-order valence-corrected chi connectivity index (χ2v) is 6.42. The van der Waals surface area contributed by atoms with Crippen LogP contribution in [0.5, 0.6) is 0 Å². The quantitative estimate of drug-likeness (QED) is 0.840. The average molecular weight is 256 g/mol. The zero-order valence-electron chi connectivity index (χ0n) is 12.3. The van der Waals surface area contributed by atoms with Gasteiger partial charge in [0.2, 0.25) is 0 Å². The number of nitrogens with zero attached hydrogens (tertiary/aromatic N) is 1. The predicted octanol–water partition coefficient (Wildman–Crippen LogP) is 2.63. The van der Waals surface area contributed by atoms with E-state index in [0.717, 1.165) is 26.0 Å². The maximum atomic E-state index is 11.8. The number of urea groups is 1. The molecule has 0 radical (unpaired) electrons. The number of hydrogen-bond donors (Lipinski definition) is 1. The Hall–Kier alpha value is -0.770. The Morgan fingerprint density at radius 1 is 1.39 bits per heavy atom. The van der Waals surface area contributed by atoms with Crippen molar-refractivity contribution >= 4 is 6.03 Å². The van der Waals surface area contributed by atoms with Gasteiger partial charge in [0, 0.05) is 26.7 Å². The fraction of sp³-hybridized carbons (Fsp3) is 0.929. The molecule has 4 nitrogen and oxygen atoms in total. The van der Waals surface area contributed by atoms with Gasteiger partial charge in [-0.05, 0) is 31.1 Å². The van der Waals surface area contributed by atoms with E-state index in [9.17, 15) is 4.79 Å². The van der Waals surface area contributed by atoms with Gasteiger partial charge in [0.25, 0.3) is 0 Å². The first-order chi connectivity index (χ1) is 8.38. The highest BCUT2D eigenvalue weighted by Crippen LogP contribution is 2.15. The van der Waals surface area contributed by atoms with Crippen LogP contribution in [0.2, 0.25) is 0 Å². The highest BCUT2D eigenvalue weighted by atomic mass is 16.5. The molecule has 1 rings (SSSR count). The second-order valence-electron chi connectivity index (χ2n) is 6.42. The first kappa shape index (κ1) is 15.3. The maximum absolute atomic E-state index is 11.8. The van der Waals surface area contributed by atoms with Crippen molar-refractivity contribution in [2.75, 3.05) is 26.7 Å². The van der Waals surface area contributed by atoms with Crippen molar-refractivity contribution in [1.82, 2.24) is 10.2 Å². The van der Waals surface area contributed by atoms with Gasteiger partial charge in [-0.3, -0.25) is 0 Å². The molecule has 0 aromatic heterocycles. The Bertz CT molecular complexity index is 255.